The Hall–Kier alpha value is -0.0100. The highest BCUT2D eigenvalue weighted by molar-refractivity contribution is 6.25. The third-order valence-electron chi connectivity index (χ3n) is 4.26. The summed E-state index contributed by atoms with van der Waals surface area (Å²) >= 11 is 5.59. The lowest BCUT2D eigenvalue weighted by Gasteiger charge is -2.05. The molecule has 0 atom stereocenters. The molecule has 0 bridgehead atoms. The summed E-state index contributed by atoms with van der Waals surface area (Å²) in [5, 5.41) is 3.46. The SMILES string of the molecule is CC(=CCl)CNCC1C(C)(C)C1(C)C. The van der Waals surface area contributed by atoms with Gasteiger partial charge in [-0.25, -0.2) is 0 Å². The van der Waals surface area contributed by atoms with Crippen molar-refractivity contribution in [3.8, 4) is 0 Å². The molecule has 0 amide bonds. The molecule has 1 aliphatic carbocycles. The molecule has 2 heteroatoms. The van der Waals surface area contributed by atoms with Crippen molar-refractivity contribution >= 4 is 11.6 Å². The van der Waals surface area contributed by atoms with Gasteiger partial charge in [-0.1, -0.05) is 39.3 Å². The molecule has 1 rings (SSSR count). The van der Waals surface area contributed by atoms with Gasteiger partial charge in [-0.2, -0.15) is 0 Å². The molecule has 0 heterocycles. The van der Waals surface area contributed by atoms with Gasteiger partial charge in [-0.15, -0.1) is 0 Å². The lowest BCUT2D eigenvalue weighted by atomic mass is 10.0. The smallest absolute Gasteiger partial charge is 0.0173 e. The topological polar surface area (TPSA) is 12.0 Å². The molecule has 0 unspecified atom stereocenters. The van der Waals surface area contributed by atoms with Crippen LogP contribution in [0.3, 0.4) is 0 Å². The van der Waals surface area contributed by atoms with Gasteiger partial charge in [0.15, 0.2) is 0 Å². The molecule has 14 heavy (non-hydrogen) atoms. The first-order valence-electron chi connectivity index (χ1n) is 5.30. The number of hydrogen-bond acceptors (Lipinski definition) is 1. The van der Waals surface area contributed by atoms with Gasteiger partial charge in [-0.05, 0) is 35.8 Å². The first-order chi connectivity index (χ1) is 6.34. The molecule has 1 fully saturated rings. The molecule has 0 aliphatic heterocycles. The number of hydrogen-bond donors (Lipinski definition) is 1. The van der Waals surface area contributed by atoms with E-state index in [1.165, 1.54) is 5.57 Å². The van der Waals surface area contributed by atoms with Gasteiger partial charge in [0.05, 0.1) is 0 Å². The second-order valence-corrected chi connectivity index (χ2v) is 5.80. The summed E-state index contributed by atoms with van der Waals surface area (Å²) in [6.07, 6.45) is 0. The summed E-state index contributed by atoms with van der Waals surface area (Å²) in [6, 6.07) is 0. The number of nitrogens with one attached hydrogen (secondary N) is 1. The van der Waals surface area contributed by atoms with E-state index in [0.29, 0.717) is 10.8 Å². The van der Waals surface area contributed by atoms with Gasteiger partial charge >= 0.3 is 0 Å². The predicted molar refractivity (Wildman–Crippen MR) is 63.5 cm³/mol. The van der Waals surface area contributed by atoms with Gasteiger partial charge in [0.25, 0.3) is 0 Å². The van der Waals surface area contributed by atoms with Crippen molar-refractivity contribution in [2.24, 2.45) is 16.7 Å². The minimum absolute atomic E-state index is 0.485. The molecule has 1 nitrogen and oxygen atoms in total. The van der Waals surface area contributed by atoms with Crippen LogP contribution in [0.1, 0.15) is 34.6 Å². The van der Waals surface area contributed by atoms with Gasteiger partial charge < -0.3 is 5.32 Å². The Morgan fingerprint density at radius 1 is 1.29 bits per heavy atom. The summed E-state index contributed by atoms with van der Waals surface area (Å²) in [4.78, 5) is 0. The van der Waals surface area contributed by atoms with Crippen molar-refractivity contribution < 1.29 is 0 Å². The highest BCUT2D eigenvalue weighted by Crippen LogP contribution is 2.67. The molecule has 0 saturated heterocycles. The second kappa shape index (κ2) is 3.86. The maximum Gasteiger partial charge on any atom is 0.0173 e. The van der Waals surface area contributed by atoms with Crippen LogP contribution in [0.5, 0.6) is 0 Å². The van der Waals surface area contributed by atoms with E-state index >= 15 is 0 Å². The van der Waals surface area contributed by atoms with Gasteiger partial charge in [-0.3, -0.25) is 0 Å². The van der Waals surface area contributed by atoms with Crippen LogP contribution < -0.4 is 5.32 Å². The Bertz CT molecular complexity index is 227. The summed E-state index contributed by atoms with van der Waals surface area (Å²) < 4.78 is 0. The molecule has 0 aromatic heterocycles. The van der Waals surface area contributed by atoms with E-state index < -0.39 is 0 Å². The second-order valence-electron chi connectivity index (χ2n) is 5.58. The van der Waals surface area contributed by atoms with Crippen LogP contribution in [-0.2, 0) is 0 Å². The molecule has 82 valence electrons. The zero-order valence-electron chi connectivity index (χ0n) is 9.95. The van der Waals surface area contributed by atoms with Crippen LogP contribution in [0.2, 0.25) is 0 Å². The van der Waals surface area contributed by atoms with E-state index in [4.69, 9.17) is 11.6 Å². The lowest BCUT2D eigenvalue weighted by molar-refractivity contribution is 0.457. The van der Waals surface area contributed by atoms with Gasteiger partial charge in [0.2, 0.25) is 0 Å². The van der Waals surface area contributed by atoms with Crippen LogP contribution in [0.25, 0.3) is 0 Å². The first kappa shape index (κ1) is 12.1. The fraction of sp³-hybridized carbons (Fsp3) is 0.833. The first-order valence-corrected chi connectivity index (χ1v) is 5.74. The highest BCUT2D eigenvalue weighted by Gasteiger charge is 2.63. The Balaban J connectivity index is 2.29. The zero-order chi connectivity index (χ0) is 11.0. The zero-order valence-corrected chi connectivity index (χ0v) is 10.7. The third kappa shape index (κ3) is 1.99. The lowest BCUT2D eigenvalue weighted by Crippen LogP contribution is -2.21. The fourth-order valence-corrected chi connectivity index (χ4v) is 2.37. The Morgan fingerprint density at radius 2 is 1.79 bits per heavy atom. The van der Waals surface area contributed by atoms with Crippen molar-refractivity contribution in [3.05, 3.63) is 11.1 Å². The predicted octanol–water partition coefficient (Wildman–Crippen LogP) is 3.40. The minimum atomic E-state index is 0.485. The summed E-state index contributed by atoms with van der Waals surface area (Å²) in [5.74, 6) is 0.790. The molecule has 0 spiro atoms. The molecule has 1 saturated carbocycles. The summed E-state index contributed by atoms with van der Waals surface area (Å²) in [6.45, 7) is 13.5. The van der Waals surface area contributed by atoms with Crippen molar-refractivity contribution in [1.82, 2.24) is 5.32 Å². The Morgan fingerprint density at radius 3 is 2.14 bits per heavy atom. The standard InChI is InChI=1S/C12H22ClN/c1-9(6-13)7-14-8-10-11(2,3)12(10,4)5/h6,10,14H,7-8H2,1-5H3. The molecule has 1 aliphatic rings. The normalized spacial score (nSPS) is 25.1. The summed E-state index contributed by atoms with van der Waals surface area (Å²) in [7, 11) is 0. The molecule has 1 N–H and O–H groups in total. The van der Waals surface area contributed by atoms with Crippen molar-refractivity contribution in [2.45, 2.75) is 34.6 Å². The molecule has 0 radical (unpaired) electrons. The van der Waals surface area contributed by atoms with Crippen LogP contribution in [-0.4, -0.2) is 13.1 Å². The average molecular weight is 216 g/mol. The van der Waals surface area contributed by atoms with E-state index in [1.54, 1.807) is 5.54 Å². The van der Waals surface area contributed by atoms with Crippen molar-refractivity contribution in [3.63, 3.8) is 0 Å². The van der Waals surface area contributed by atoms with Crippen molar-refractivity contribution in [2.75, 3.05) is 13.1 Å². The average Bonchev–Trinajstić information content (AvgIpc) is 2.47. The van der Waals surface area contributed by atoms with Crippen LogP contribution in [0.4, 0.5) is 0 Å². The van der Waals surface area contributed by atoms with Crippen LogP contribution >= 0.6 is 11.6 Å². The molecular weight excluding hydrogens is 194 g/mol. The van der Waals surface area contributed by atoms with E-state index in [-0.39, 0.29) is 0 Å². The monoisotopic (exact) mass is 215 g/mol. The Kier molecular flexibility index (Phi) is 3.33. The van der Waals surface area contributed by atoms with E-state index in [1.807, 2.05) is 6.92 Å². The minimum Gasteiger partial charge on any atom is -0.313 e. The van der Waals surface area contributed by atoms with Crippen molar-refractivity contribution in [1.29, 1.82) is 0 Å². The highest BCUT2D eigenvalue weighted by atomic mass is 35.5. The van der Waals surface area contributed by atoms with Crippen LogP contribution in [0.15, 0.2) is 11.1 Å². The maximum absolute atomic E-state index is 5.59. The Labute approximate surface area is 92.9 Å². The molecule has 0 aromatic rings. The third-order valence-corrected chi connectivity index (χ3v) is 4.63. The van der Waals surface area contributed by atoms with E-state index in [0.717, 1.165) is 19.0 Å². The van der Waals surface area contributed by atoms with E-state index in [2.05, 4.69) is 33.0 Å². The maximum atomic E-state index is 5.59. The van der Waals surface area contributed by atoms with Gasteiger partial charge in [0.1, 0.15) is 0 Å². The largest absolute Gasteiger partial charge is 0.313 e. The quantitative estimate of drug-likeness (QED) is 0.758. The van der Waals surface area contributed by atoms with Crippen LogP contribution in [0, 0.1) is 16.7 Å². The van der Waals surface area contributed by atoms with E-state index in [9.17, 15) is 0 Å². The molecule has 0 aromatic carbocycles. The molecular formula is C12H22ClN. The summed E-state index contributed by atoms with van der Waals surface area (Å²) in [5.41, 5.74) is 3.82. The number of rotatable bonds is 4. The number of halogens is 1. The fourth-order valence-electron chi connectivity index (χ4n) is 2.30. The van der Waals surface area contributed by atoms with Gasteiger partial charge in [0, 0.05) is 12.1 Å².